The van der Waals surface area contributed by atoms with Crippen LogP contribution in [0.15, 0.2) is 0 Å². The largest absolute Gasteiger partial charge is 0.479 e. The second kappa shape index (κ2) is 11.2. The molecule has 0 saturated heterocycles. The van der Waals surface area contributed by atoms with Crippen LogP contribution in [-0.2, 0) is 9.53 Å². The molecule has 3 atom stereocenters. The minimum absolute atomic E-state index is 0.138. The van der Waals surface area contributed by atoms with Crippen LogP contribution in [0.4, 0.5) is 0 Å². The number of unbranched alkanes of at least 4 members (excludes halogenated alkanes) is 1. The van der Waals surface area contributed by atoms with Gasteiger partial charge in [-0.1, -0.05) is 26.7 Å². The maximum atomic E-state index is 11.2. The van der Waals surface area contributed by atoms with E-state index in [2.05, 4.69) is 0 Å². The molecule has 0 aliphatic carbocycles. The van der Waals surface area contributed by atoms with Crippen molar-refractivity contribution in [2.75, 3.05) is 19.8 Å². The molecule has 0 saturated carbocycles. The number of hydrogen-bond donors (Lipinski definition) is 3. The van der Waals surface area contributed by atoms with Gasteiger partial charge in [-0.05, 0) is 25.2 Å². The van der Waals surface area contributed by atoms with Gasteiger partial charge in [-0.15, -0.1) is 0 Å². The minimum atomic E-state index is -1.01. The van der Waals surface area contributed by atoms with Gasteiger partial charge in [0.2, 0.25) is 0 Å². The molecule has 19 heavy (non-hydrogen) atoms. The van der Waals surface area contributed by atoms with Crippen molar-refractivity contribution in [1.82, 2.24) is 0 Å². The first-order valence-electron chi connectivity index (χ1n) is 7.12. The first-order valence-corrected chi connectivity index (χ1v) is 7.12. The van der Waals surface area contributed by atoms with Gasteiger partial charge in [-0.25, -0.2) is 4.79 Å². The predicted molar refractivity (Wildman–Crippen MR) is 73.0 cm³/mol. The predicted octanol–water partition coefficient (Wildman–Crippen LogP) is 1.66. The number of aliphatic hydroxyl groups excluding tert-OH is 2. The highest BCUT2D eigenvalue weighted by molar-refractivity contribution is 5.72. The Morgan fingerprint density at radius 2 is 1.84 bits per heavy atom. The Balaban J connectivity index is 4.20. The minimum Gasteiger partial charge on any atom is -0.479 e. The third kappa shape index (κ3) is 8.18. The SMILES string of the molecule is CCCCOC(C(=O)O)C(CO)CCCC(C)CO. The van der Waals surface area contributed by atoms with Crippen LogP contribution in [0.2, 0.25) is 0 Å². The van der Waals surface area contributed by atoms with Gasteiger partial charge in [0.05, 0.1) is 0 Å². The summed E-state index contributed by atoms with van der Waals surface area (Å²) in [5.74, 6) is -1.17. The summed E-state index contributed by atoms with van der Waals surface area (Å²) in [4.78, 5) is 11.2. The highest BCUT2D eigenvalue weighted by Gasteiger charge is 2.28. The lowest BCUT2D eigenvalue weighted by atomic mass is 9.94. The van der Waals surface area contributed by atoms with Gasteiger partial charge >= 0.3 is 5.97 Å². The van der Waals surface area contributed by atoms with Crippen molar-refractivity contribution < 1.29 is 24.9 Å². The van der Waals surface area contributed by atoms with Gasteiger partial charge in [0.15, 0.2) is 6.10 Å². The van der Waals surface area contributed by atoms with Crippen LogP contribution in [-0.4, -0.2) is 47.2 Å². The fourth-order valence-electron chi connectivity index (χ4n) is 1.92. The van der Waals surface area contributed by atoms with Crippen molar-refractivity contribution in [3.05, 3.63) is 0 Å². The van der Waals surface area contributed by atoms with E-state index in [1.54, 1.807) is 0 Å². The third-order valence-electron chi connectivity index (χ3n) is 3.28. The fourth-order valence-corrected chi connectivity index (χ4v) is 1.92. The van der Waals surface area contributed by atoms with Crippen LogP contribution in [0.5, 0.6) is 0 Å². The number of ether oxygens (including phenoxy) is 1. The quantitative estimate of drug-likeness (QED) is 0.472. The highest BCUT2D eigenvalue weighted by Crippen LogP contribution is 2.18. The molecule has 0 aromatic rings. The van der Waals surface area contributed by atoms with Crippen molar-refractivity contribution >= 4 is 5.97 Å². The molecule has 3 N–H and O–H groups in total. The number of rotatable bonds is 12. The average molecular weight is 276 g/mol. The Hall–Kier alpha value is -0.650. The Morgan fingerprint density at radius 3 is 2.32 bits per heavy atom. The summed E-state index contributed by atoms with van der Waals surface area (Å²) in [6, 6.07) is 0. The summed E-state index contributed by atoms with van der Waals surface area (Å²) in [7, 11) is 0. The zero-order valence-electron chi connectivity index (χ0n) is 12.0. The lowest BCUT2D eigenvalue weighted by Crippen LogP contribution is -2.35. The lowest BCUT2D eigenvalue weighted by molar-refractivity contribution is -0.156. The summed E-state index contributed by atoms with van der Waals surface area (Å²) in [5, 5.41) is 27.4. The van der Waals surface area contributed by atoms with Crippen molar-refractivity contribution in [1.29, 1.82) is 0 Å². The maximum absolute atomic E-state index is 11.2. The lowest BCUT2D eigenvalue weighted by Gasteiger charge is -2.22. The summed E-state index contributed by atoms with van der Waals surface area (Å²) in [5.41, 5.74) is 0. The van der Waals surface area contributed by atoms with Crippen molar-refractivity contribution in [3.8, 4) is 0 Å². The third-order valence-corrected chi connectivity index (χ3v) is 3.28. The van der Waals surface area contributed by atoms with Crippen LogP contribution >= 0.6 is 0 Å². The molecular weight excluding hydrogens is 248 g/mol. The molecule has 0 heterocycles. The molecule has 0 bridgehead atoms. The summed E-state index contributed by atoms with van der Waals surface area (Å²) in [6.07, 6.45) is 3.06. The first-order chi connectivity index (χ1) is 9.06. The summed E-state index contributed by atoms with van der Waals surface area (Å²) < 4.78 is 5.37. The molecule has 3 unspecified atom stereocenters. The van der Waals surface area contributed by atoms with Crippen LogP contribution in [0.3, 0.4) is 0 Å². The van der Waals surface area contributed by atoms with E-state index in [4.69, 9.17) is 14.9 Å². The van der Waals surface area contributed by atoms with Crippen molar-refractivity contribution in [3.63, 3.8) is 0 Å². The second-order valence-electron chi connectivity index (χ2n) is 5.14. The van der Waals surface area contributed by atoms with Crippen molar-refractivity contribution in [2.45, 2.75) is 52.1 Å². The van der Waals surface area contributed by atoms with Crippen LogP contribution < -0.4 is 0 Å². The molecule has 0 spiro atoms. The number of aliphatic carboxylic acids is 1. The van der Waals surface area contributed by atoms with Crippen LogP contribution in [0.1, 0.15) is 46.0 Å². The smallest absolute Gasteiger partial charge is 0.333 e. The molecule has 0 amide bonds. The van der Waals surface area contributed by atoms with Gasteiger partial charge in [-0.2, -0.15) is 0 Å². The normalized spacial score (nSPS) is 16.0. The molecule has 0 aliphatic rings. The van der Waals surface area contributed by atoms with E-state index in [1.807, 2.05) is 13.8 Å². The molecule has 0 fully saturated rings. The van der Waals surface area contributed by atoms with Gasteiger partial charge in [0.25, 0.3) is 0 Å². The Bertz CT molecular complexity index is 232. The molecule has 5 heteroatoms. The zero-order chi connectivity index (χ0) is 14.7. The van der Waals surface area contributed by atoms with E-state index in [9.17, 15) is 9.90 Å². The van der Waals surface area contributed by atoms with Gasteiger partial charge in [0, 0.05) is 25.7 Å². The van der Waals surface area contributed by atoms with E-state index in [0.29, 0.717) is 13.0 Å². The van der Waals surface area contributed by atoms with E-state index >= 15 is 0 Å². The van der Waals surface area contributed by atoms with Gasteiger partial charge in [0.1, 0.15) is 0 Å². The van der Waals surface area contributed by atoms with Gasteiger partial charge < -0.3 is 20.1 Å². The average Bonchev–Trinajstić information content (AvgIpc) is 2.40. The number of hydrogen-bond acceptors (Lipinski definition) is 4. The molecule has 0 aromatic carbocycles. The monoisotopic (exact) mass is 276 g/mol. The molecule has 5 nitrogen and oxygen atoms in total. The number of carbonyl (C=O) groups is 1. The number of aliphatic hydroxyl groups is 2. The Kier molecular flexibility index (Phi) is 10.8. The Labute approximate surface area is 115 Å². The topological polar surface area (TPSA) is 87.0 Å². The molecule has 0 aliphatic heterocycles. The zero-order valence-corrected chi connectivity index (χ0v) is 12.0. The fraction of sp³-hybridized carbons (Fsp3) is 0.929. The highest BCUT2D eigenvalue weighted by atomic mass is 16.5. The van der Waals surface area contributed by atoms with Crippen molar-refractivity contribution in [2.24, 2.45) is 11.8 Å². The van der Waals surface area contributed by atoms with E-state index in [0.717, 1.165) is 25.7 Å². The summed E-state index contributed by atoms with van der Waals surface area (Å²) >= 11 is 0. The molecule has 114 valence electrons. The molecule has 0 rings (SSSR count). The number of carboxylic acid groups (broad SMARTS) is 1. The molecule has 0 aromatic heterocycles. The first kappa shape index (κ1) is 18.4. The van der Waals surface area contributed by atoms with E-state index in [-0.39, 0.29) is 25.0 Å². The second-order valence-corrected chi connectivity index (χ2v) is 5.14. The standard InChI is InChI=1S/C14H28O5/c1-3-4-8-19-13(14(17)18)12(10-16)7-5-6-11(2)9-15/h11-13,15-16H,3-10H2,1-2H3,(H,17,18). The molecule has 0 radical (unpaired) electrons. The van der Waals surface area contributed by atoms with E-state index < -0.39 is 12.1 Å². The van der Waals surface area contributed by atoms with E-state index in [1.165, 1.54) is 0 Å². The maximum Gasteiger partial charge on any atom is 0.333 e. The van der Waals surface area contributed by atoms with Crippen LogP contribution in [0, 0.1) is 11.8 Å². The summed E-state index contributed by atoms with van der Waals surface area (Å²) in [6.45, 7) is 4.33. The van der Waals surface area contributed by atoms with Crippen LogP contribution in [0.25, 0.3) is 0 Å². The Morgan fingerprint density at radius 1 is 1.16 bits per heavy atom. The number of carboxylic acids is 1. The van der Waals surface area contributed by atoms with Gasteiger partial charge in [-0.3, -0.25) is 0 Å². The molecular formula is C14H28O5.